The number of amides is 3. The zero-order valence-electron chi connectivity index (χ0n) is 17.6. The molecule has 2 aliphatic rings. The van der Waals surface area contributed by atoms with E-state index in [1.165, 1.54) is 4.90 Å². The molecule has 0 aliphatic carbocycles. The first-order valence-corrected chi connectivity index (χ1v) is 10.4. The highest BCUT2D eigenvalue weighted by Gasteiger charge is 2.43. The molecule has 0 saturated carbocycles. The van der Waals surface area contributed by atoms with Crippen LogP contribution in [0.15, 0.2) is 36.5 Å². The number of morpholine rings is 1. The number of benzene rings is 1. The van der Waals surface area contributed by atoms with E-state index in [0.717, 1.165) is 17.8 Å². The quantitative estimate of drug-likeness (QED) is 0.767. The van der Waals surface area contributed by atoms with Crippen molar-refractivity contribution in [2.75, 3.05) is 44.7 Å². The highest BCUT2D eigenvalue weighted by Crippen LogP contribution is 2.26. The number of carbonyl (C=O) groups excluding carboxylic acids is 2. The summed E-state index contributed by atoms with van der Waals surface area (Å²) in [4.78, 5) is 33.0. The molecule has 170 valence electrons. The third kappa shape index (κ3) is 4.86. The monoisotopic (exact) mass is 446 g/mol. The summed E-state index contributed by atoms with van der Waals surface area (Å²) in [6, 6.07) is 5.76. The molecule has 0 radical (unpaired) electrons. The predicted octanol–water partition coefficient (Wildman–Crippen LogP) is 2.79. The number of pyridine rings is 1. The molecule has 8 nitrogen and oxygen atoms in total. The number of carbonyl (C=O) groups is 2. The van der Waals surface area contributed by atoms with Crippen molar-refractivity contribution in [3.8, 4) is 0 Å². The molecule has 1 unspecified atom stereocenters. The van der Waals surface area contributed by atoms with Crippen LogP contribution < -0.4 is 5.32 Å². The van der Waals surface area contributed by atoms with Crippen molar-refractivity contribution >= 4 is 17.6 Å². The van der Waals surface area contributed by atoms with E-state index in [2.05, 4.69) is 10.3 Å². The summed E-state index contributed by atoms with van der Waals surface area (Å²) in [6.07, 6.45) is 2.21. The number of ether oxygens (including phenoxy) is 2. The third-order valence-corrected chi connectivity index (χ3v) is 5.42. The first kappa shape index (κ1) is 22.1. The Hall–Kier alpha value is -3.11. The predicted molar refractivity (Wildman–Crippen MR) is 111 cm³/mol. The fraction of sp³-hybridized carbons (Fsp3) is 0.409. The number of nitrogens with one attached hydrogen (secondary N) is 1. The summed E-state index contributed by atoms with van der Waals surface area (Å²) in [5.74, 6) is -2.95. The Balaban J connectivity index is 1.48. The van der Waals surface area contributed by atoms with Gasteiger partial charge in [0, 0.05) is 36.6 Å². The van der Waals surface area contributed by atoms with E-state index in [1.54, 1.807) is 23.2 Å². The molecule has 3 heterocycles. The van der Waals surface area contributed by atoms with E-state index in [0.29, 0.717) is 31.2 Å². The van der Waals surface area contributed by atoms with Gasteiger partial charge in [-0.25, -0.2) is 13.6 Å². The van der Waals surface area contributed by atoms with Gasteiger partial charge in [0.1, 0.15) is 11.6 Å². The normalized spacial score (nSPS) is 21.3. The average Bonchev–Trinajstić information content (AvgIpc) is 2.97. The summed E-state index contributed by atoms with van der Waals surface area (Å²) in [7, 11) is 0. The Kier molecular flexibility index (Phi) is 6.33. The van der Waals surface area contributed by atoms with Gasteiger partial charge in [0.05, 0.1) is 32.0 Å². The summed E-state index contributed by atoms with van der Waals surface area (Å²) in [5.41, 5.74) is 1.14. The number of aromatic nitrogens is 1. The number of anilines is 1. The molecule has 3 amide bonds. The average molecular weight is 446 g/mol. The fourth-order valence-electron chi connectivity index (χ4n) is 3.86. The summed E-state index contributed by atoms with van der Waals surface area (Å²) in [6.45, 7) is 3.31. The molecule has 0 bridgehead atoms. The number of hydrogen-bond donors (Lipinski definition) is 1. The van der Waals surface area contributed by atoms with Gasteiger partial charge in [0.2, 0.25) is 5.79 Å². The van der Waals surface area contributed by atoms with Crippen molar-refractivity contribution in [1.29, 1.82) is 0 Å². The second-order valence-corrected chi connectivity index (χ2v) is 7.85. The van der Waals surface area contributed by atoms with Crippen molar-refractivity contribution < 1.29 is 27.8 Å². The SMILES string of the molecule is Cc1cc(C(=O)N2CCCOC3(CN(C(=O)Nc4ccc(F)cc4F)CCO3)C2)ccn1. The largest absolute Gasteiger partial charge is 0.347 e. The molecular formula is C22H24F2N4O4. The van der Waals surface area contributed by atoms with E-state index in [-0.39, 0.29) is 37.8 Å². The van der Waals surface area contributed by atoms with E-state index in [4.69, 9.17) is 9.47 Å². The fourth-order valence-corrected chi connectivity index (χ4v) is 3.86. The van der Waals surface area contributed by atoms with Gasteiger partial charge in [-0.3, -0.25) is 9.78 Å². The molecule has 4 rings (SSSR count). The molecule has 1 aromatic heterocycles. The Bertz CT molecular complexity index is 1020. The van der Waals surface area contributed by atoms with E-state index in [9.17, 15) is 18.4 Å². The third-order valence-electron chi connectivity index (χ3n) is 5.42. The van der Waals surface area contributed by atoms with Crippen LogP contribution in [0.2, 0.25) is 0 Å². The number of aryl methyl sites for hydroxylation is 1. The van der Waals surface area contributed by atoms with Crippen LogP contribution >= 0.6 is 0 Å². The molecule has 2 saturated heterocycles. The van der Waals surface area contributed by atoms with Crippen LogP contribution in [0.3, 0.4) is 0 Å². The Morgan fingerprint density at radius 2 is 1.84 bits per heavy atom. The maximum atomic E-state index is 13.9. The Morgan fingerprint density at radius 1 is 1.06 bits per heavy atom. The van der Waals surface area contributed by atoms with E-state index in [1.807, 2.05) is 6.92 Å². The van der Waals surface area contributed by atoms with Crippen LogP contribution in [0.5, 0.6) is 0 Å². The summed E-state index contributed by atoms with van der Waals surface area (Å²) < 4.78 is 39.0. The molecule has 2 fully saturated rings. The number of urea groups is 1. The first-order valence-electron chi connectivity index (χ1n) is 10.4. The van der Waals surface area contributed by atoms with E-state index >= 15 is 0 Å². The zero-order chi connectivity index (χ0) is 22.7. The lowest BCUT2D eigenvalue weighted by molar-refractivity contribution is -0.258. The molecule has 1 aromatic carbocycles. The van der Waals surface area contributed by atoms with Gasteiger partial charge >= 0.3 is 6.03 Å². The molecule has 1 spiro atoms. The van der Waals surface area contributed by atoms with Gasteiger partial charge in [-0.15, -0.1) is 0 Å². The number of nitrogens with zero attached hydrogens (tertiary/aromatic N) is 3. The minimum atomic E-state index is -1.19. The minimum absolute atomic E-state index is 0.0563. The highest BCUT2D eigenvalue weighted by molar-refractivity contribution is 5.94. The van der Waals surface area contributed by atoms with Gasteiger partial charge in [0.25, 0.3) is 5.91 Å². The number of rotatable bonds is 2. The maximum Gasteiger partial charge on any atom is 0.322 e. The van der Waals surface area contributed by atoms with Gasteiger partial charge in [0.15, 0.2) is 0 Å². The van der Waals surface area contributed by atoms with Crippen molar-refractivity contribution in [2.45, 2.75) is 19.1 Å². The smallest absolute Gasteiger partial charge is 0.322 e. The second-order valence-electron chi connectivity index (χ2n) is 7.85. The van der Waals surface area contributed by atoms with Crippen LogP contribution in [0, 0.1) is 18.6 Å². The van der Waals surface area contributed by atoms with E-state index < -0.39 is 23.5 Å². The summed E-state index contributed by atoms with van der Waals surface area (Å²) >= 11 is 0. The van der Waals surface area contributed by atoms with Crippen molar-refractivity contribution in [3.63, 3.8) is 0 Å². The maximum absolute atomic E-state index is 13.9. The van der Waals surface area contributed by atoms with Gasteiger partial charge in [-0.05, 0) is 37.6 Å². The first-order chi connectivity index (χ1) is 15.3. The van der Waals surface area contributed by atoms with Crippen molar-refractivity contribution in [1.82, 2.24) is 14.8 Å². The van der Waals surface area contributed by atoms with Gasteiger partial charge < -0.3 is 24.6 Å². The zero-order valence-corrected chi connectivity index (χ0v) is 17.6. The van der Waals surface area contributed by atoms with Crippen molar-refractivity contribution in [3.05, 3.63) is 59.4 Å². The molecule has 2 aromatic rings. The molecule has 32 heavy (non-hydrogen) atoms. The lowest BCUT2D eigenvalue weighted by Gasteiger charge is -2.43. The van der Waals surface area contributed by atoms with Crippen molar-refractivity contribution in [2.24, 2.45) is 0 Å². The highest BCUT2D eigenvalue weighted by atomic mass is 19.1. The number of halogens is 2. The molecule has 10 heteroatoms. The molecular weight excluding hydrogens is 422 g/mol. The molecule has 1 N–H and O–H groups in total. The second kappa shape index (κ2) is 9.17. The lowest BCUT2D eigenvalue weighted by Crippen LogP contribution is -2.60. The van der Waals surface area contributed by atoms with Crippen LogP contribution in [0.4, 0.5) is 19.3 Å². The van der Waals surface area contributed by atoms with Gasteiger partial charge in [-0.2, -0.15) is 0 Å². The molecule has 2 aliphatic heterocycles. The molecule has 1 atom stereocenters. The van der Waals surface area contributed by atoms with Crippen LogP contribution in [0.25, 0.3) is 0 Å². The Morgan fingerprint density at radius 3 is 2.62 bits per heavy atom. The lowest BCUT2D eigenvalue weighted by atomic mass is 10.1. The Labute approximate surface area is 184 Å². The van der Waals surface area contributed by atoms with Crippen LogP contribution in [-0.4, -0.2) is 71.9 Å². The van der Waals surface area contributed by atoms with Crippen LogP contribution in [0.1, 0.15) is 22.5 Å². The standard InChI is InChI=1S/C22H24F2N4O4/c1-15-11-16(5-6-25-15)20(29)27-7-2-9-31-22(13-27)14-28(8-10-32-22)21(30)26-19-4-3-17(23)12-18(19)24/h3-6,11-12H,2,7-10,13-14H2,1H3,(H,26,30). The topological polar surface area (TPSA) is 84.0 Å². The minimum Gasteiger partial charge on any atom is -0.347 e. The summed E-state index contributed by atoms with van der Waals surface area (Å²) in [5, 5.41) is 2.46. The van der Waals surface area contributed by atoms with Gasteiger partial charge in [-0.1, -0.05) is 0 Å². The number of hydrogen-bond acceptors (Lipinski definition) is 5. The van der Waals surface area contributed by atoms with Crippen LogP contribution in [-0.2, 0) is 9.47 Å².